The SMILES string of the molecule is CCC[C@H](c1ccc2ccccc2c1)[C@H](O)c1ccc(Cl)nc1. The maximum Gasteiger partial charge on any atom is 0.129 e. The summed E-state index contributed by atoms with van der Waals surface area (Å²) < 4.78 is 0. The van der Waals surface area contributed by atoms with Gasteiger partial charge in [0.2, 0.25) is 0 Å². The molecule has 0 saturated heterocycles. The largest absolute Gasteiger partial charge is 0.388 e. The molecule has 3 rings (SSSR count). The number of pyridine rings is 1. The summed E-state index contributed by atoms with van der Waals surface area (Å²) in [6, 6.07) is 18.3. The number of rotatable bonds is 5. The highest BCUT2D eigenvalue weighted by atomic mass is 35.5. The van der Waals surface area contributed by atoms with Crippen LogP contribution in [0, 0.1) is 0 Å². The average molecular weight is 326 g/mol. The molecule has 2 atom stereocenters. The molecular formula is C20H20ClNO. The number of hydrogen-bond acceptors (Lipinski definition) is 2. The number of aromatic nitrogens is 1. The predicted octanol–water partition coefficient (Wildman–Crippen LogP) is 5.51. The number of hydrogen-bond donors (Lipinski definition) is 1. The fourth-order valence-electron chi connectivity index (χ4n) is 3.05. The second-order valence-electron chi connectivity index (χ2n) is 5.86. The first-order chi connectivity index (χ1) is 11.2. The molecule has 2 aromatic carbocycles. The molecule has 118 valence electrons. The van der Waals surface area contributed by atoms with Gasteiger partial charge in [0.1, 0.15) is 5.15 Å². The first kappa shape index (κ1) is 16.0. The average Bonchev–Trinajstić information content (AvgIpc) is 2.59. The number of aliphatic hydroxyl groups excluding tert-OH is 1. The number of nitrogens with zero attached hydrogens (tertiary/aromatic N) is 1. The van der Waals surface area contributed by atoms with Crippen molar-refractivity contribution in [3.8, 4) is 0 Å². The van der Waals surface area contributed by atoms with E-state index in [2.05, 4.69) is 42.2 Å². The van der Waals surface area contributed by atoms with Crippen LogP contribution in [0.4, 0.5) is 0 Å². The number of benzene rings is 2. The van der Waals surface area contributed by atoms with E-state index in [1.54, 1.807) is 12.3 Å². The van der Waals surface area contributed by atoms with E-state index in [-0.39, 0.29) is 5.92 Å². The van der Waals surface area contributed by atoms with Crippen molar-refractivity contribution in [1.29, 1.82) is 0 Å². The summed E-state index contributed by atoms with van der Waals surface area (Å²) in [6.07, 6.45) is 3.01. The van der Waals surface area contributed by atoms with Gasteiger partial charge >= 0.3 is 0 Å². The molecule has 0 fully saturated rings. The highest BCUT2D eigenvalue weighted by Crippen LogP contribution is 2.35. The second kappa shape index (κ2) is 7.12. The van der Waals surface area contributed by atoms with E-state index in [0.717, 1.165) is 24.0 Å². The lowest BCUT2D eigenvalue weighted by Gasteiger charge is -2.23. The van der Waals surface area contributed by atoms with Crippen molar-refractivity contribution in [2.24, 2.45) is 0 Å². The predicted molar refractivity (Wildman–Crippen MR) is 95.8 cm³/mol. The Labute approximate surface area is 141 Å². The van der Waals surface area contributed by atoms with Gasteiger partial charge in [0.15, 0.2) is 0 Å². The first-order valence-corrected chi connectivity index (χ1v) is 8.35. The van der Waals surface area contributed by atoms with Crippen molar-refractivity contribution < 1.29 is 5.11 Å². The van der Waals surface area contributed by atoms with E-state index in [1.165, 1.54) is 10.8 Å². The van der Waals surface area contributed by atoms with E-state index in [4.69, 9.17) is 11.6 Å². The van der Waals surface area contributed by atoms with Gasteiger partial charge in [-0.1, -0.05) is 73.5 Å². The summed E-state index contributed by atoms with van der Waals surface area (Å²) in [7, 11) is 0. The third-order valence-electron chi connectivity index (χ3n) is 4.27. The molecule has 1 heterocycles. The van der Waals surface area contributed by atoms with Crippen molar-refractivity contribution in [1.82, 2.24) is 4.98 Å². The first-order valence-electron chi connectivity index (χ1n) is 7.97. The van der Waals surface area contributed by atoms with E-state index in [1.807, 2.05) is 18.2 Å². The van der Waals surface area contributed by atoms with Gasteiger partial charge in [0.05, 0.1) is 6.10 Å². The minimum Gasteiger partial charge on any atom is -0.388 e. The normalized spacial score (nSPS) is 13.9. The molecule has 1 N–H and O–H groups in total. The Balaban J connectivity index is 1.97. The molecule has 0 spiro atoms. The van der Waals surface area contributed by atoms with Crippen molar-refractivity contribution in [2.45, 2.75) is 31.8 Å². The summed E-state index contributed by atoms with van der Waals surface area (Å²) in [4.78, 5) is 4.09. The van der Waals surface area contributed by atoms with Crippen LogP contribution >= 0.6 is 11.6 Å². The van der Waals surface area contributed by atoms with Crippen LogP contribution in [0.15, 0.2) is 60.8 Å². The molecule has 1 aromatic heterocycles. The van der Waals surface area contributed by atoms with Gasteiger partial charge in [0.25, 0.3) is 0 Å². The van der Waals surface area contributed by atoms with Gasteiger partial charge in [-0.05, 0) is 34.4 Å². The molecule has 0 unspecified atom stereocenters. The monoisotopic (exact) mass is 325 g/mol. The molecular weight excluding hydrogens is 306 g/mol. The van der Waals surface area contributed by atoms with Crippen molar-refractivity contribution >= 4 is 22.4 Å². The van der Waals surface area contributed by atoms with Gasteiger partial charge in [-0.2, -0.15) is 0 Å². The van der Waals surface area contributed by atoms with Crippen LogP contribution in [0.25, 0.3) is 10.8 Å². The zero-order valence-corrected chi connectivity index (χ0v) is 13.9. The lowest BCUT2D eigenvalue weighted by Crippen LogP contribution is -2.11. The molecule has 3 heteroatoms. The standard InChI is InChI=1S/C20H20ClNO/c1-2-5-18(20(23)17-10-11-19(21)22-13-17)16-9-8-14-6-3-4-7-15(14)12-16/h3-4,6-13,18,20,23H,2,5H2,1H3/t18-,20-/m1/s1. The molecule has 3 aromatic rings. The molecule has 0 radical (unpaired) electrons. The van der Waals surface area contributed by atoms with Gasteiger partial charge < -0.3 is 5.11 Å². The van der Waals surface area contributed by atoms with Crippen molar-refractivity contribution in [2.75, 3.05) is 0 Å². The fourth-order valence-corrected chi connectivity index (χ4v) is 3.16. The van der Waals surface area contributed by atoms with E-state index < -0.39 is 6.10 Å². The maximum absolute atomic E-state index is 10.8. The maximum atomic E-state index is 10.8. The Morgan fingerprint density at radius 1 is 1.00 bits per heavy atom. The van der Waals surface area contributed by atoms with Crippen LogP contribution in [0.2, 0.25) is 5.15 Å². The molecule has 23 heavy (non-hydrogen) atoms. The lowest BCUT2D eigenvalue weighted by atomic mass is 9.85. The highest BCUT2D eigenvalue weighted by Gasteiger charge is 2.22. The van der Waals surface area contributed by atoms with Crippen molar-refractivity contribution in [3.63, 3.8) is 0 Å². The smallest absolute Gasteiger partial charge is 0.129 e. The van der Waals surface area contributed by atoms with E-state index >= 15 is 0 Å². The zero-order chi connectivity index (χ0) is 16.2. The molecule has 0 aliphatic carbocycles. The van der Waals surface area contributed by atoms with Crippen LogP contribution < -0.4 is 0 Å². The topological polar surface area (TPSA) is 33.1 Å². The molecule has 2 nitrogen and oxygen atoms in total. The highest BCUT2D eigenvalue weighted by molar-refractivity contribution is 6.29. The molecule has 0 bridgehead atoms. The number of fused-ring (bicyclic) bond motifs is 1. The Morgan fingerprint density at radius 2 is 1.74 bits per heavy atom. The van der Waals surface area contributed by atoms with Crippen LogP contribution in [0.3, 0.4) is 0 Å². The Kier molecular flexibility index (Phi) is 4.94. The van der Waals surface area contributed by atoms with E-state index in [9.17, 15) is 5.11 Å². The molecule has 0 aliphatic rings. The van der Waals surface area contributed by atoms with Gasteiger partial charge in [-0.3, -0.25) is 0 Å². The molecule has 0 aliphatic heterocycles. The number of aliphatic hydroxyl groups is 1. The van der Waals surface area contributed by atoms with Crippen LogP contribution in [0.5, 0.6) is 0 Å². The minimum absolute atomic E-state index is 0.0487. The Bertz CT molecular complexity index is 785. The summed E-state index contributed by atoms with van der Waals surface area (Å²) in [6.45, 7) is 2.14. The molecule has 0 amide bonds. The molecule has 0 saturated carbocycles. The zero-order valence-electron chi connectivity index (χ0n) is 13.1. The van der Waals surface area contributed by atoms with Gasteiger partial charge in [-0.15, -0.1) is 0 Å². The third kappa shape index (κ3) is 3.54. The quantitative estimate of drug-likeness (QED) is 0.628. The number of halogens is 1. The Morgan fingerprint density at radius 3 is 2.43 bits per heavy atom. The van der Waals surface area contributed by atoms with Crippen LogP contribution in [-0.2, 0) is 0 Å². The van der Waals surface area contributed by atoms with Crippen molar-refractivity contribution in [3.05, 3.63) is 77.1 Å². The van der Waals surface area contributed by atoms with Gasteiger partial charge in [-0.25, -0.2) is 4.98 Å². The van der Waals surface area contributed by atoms with E-state index in [0.29, 0.717) is 5.15 Å². The Hall–Kier alpha value is -1.90. The van der Waals surface area contributed by atoms with Gasteiger partial charge in [0, 0.05) is 12.1 Å². The van der Waals surface area contributed by atoms with Crippen LogP contribution in [0.1, 0.15) is 42.9 Å². The lowest BCUT2D eigenvalue weighted by molar-refractivity contribution is 0.139. The summed E-state index contributed by atoms with van der Waals surface area (Å²) in [5, 5.41) is 13.7. The third-order valence-corrected chi connectivity index (χ3v) is 4.50. The summed E-state index contributed by atoms with van der Waals surface area (Å²) in [5.41, 5.74) is 1.97. The minimum atomic E-state index is -0.583. The summed E-state index contributed by atoms with van der Waals surface area (Å²) >= 11 is 5.85. The fraction of sp³-hybridized carbons (Fsp3) is 0.250. The summed E-state index contributed by atoms with van der Waals surface area (Å²) in [5.74, 6) is 0.0487. The second-order valence-corrected chi connectivity index (χ2v) is 6.25. The van der Waals surface area contributed by atoms with Crippen LogP contribution in [-0.4, -0.2) is 10.1 Å².